The summed E-state index contributed by atoms with van der Waals surface area (Å²) in [5.41, 5.74) is 0.0781. The van der Waals surface area contributed by atoms with Crippen molar-refractivity contribution in [3.05, 3.63) is 0 Å². The molecule has 1 aliphatic heterocycles. The molecule has 0 aromatic carbocycles. The van der Waals surface area contributed by atoms with E-state index in [2.05, 4.69) is 6.07 Å². The first-order chi connectivity index (χ1) is 3.87. The molecule has 2 rings (SSSR count). The molecular formula is C6H7NO. The molecule has 1 heterocycles. The summed E-state index contributed by atoms with van der Waals surface area (Å²) in [6, 6.07) is 2.11. The summed E-state index contributed by atoms with van der Waals surface area (Å²) >= 11 is 0. The molecule has 1 unspecified atom stereocenters. The predicted octanol–water partition coefficient (Wildman–Crippen LogP) is 0.831. The fraction of sp³-hybridized carbons (Fsp3) is 0.833. The van der Waals surface area contributed by atoms with E-state index < -0.39 is 0 Å². The van der Waals surface area contributed by atoms with E-state index in [4.69, 9.17) is 10.00 Å². The Morgan fingerprint density at radius 2 is 2.38 bits per heavy atom. The Balaban J connectivity index is 2.05. The van der Waals surface area contributed by atoms with Crippen molar-refractivity contribution in [3.63, 3.8) is 0 Å². The molecule has 1 saturated heterocycles. The van der Waals surface area contributed by atoms with Gasteiger partial charge in [-0.25, -0.2) is 0 Å². The van der Waals surface area contributed by atoms with E-state index in [1.165, 1.54) is 6.42 Å². The molecule has 0 amide bonds. The maximum Gasteiger partial charge on any atom is 0.173 e. The van der Waals surface area contributed by atoms with E-state index in [1.807, 2.05) is 0 Å². The van der Waals surface area contributed by atoms with Crippen molar-refractivity contribution in [2.75, 3.05) is 0 Å². The average Bonchev–Trinajstić information content (AvgIpc) is 2.36. The summed E-state index contributed by atoms with van der Waals surface area (Å²) in [4.78, 5) is 0. The van der Waals surface area contributed by atoms with Crippen molar-refractivity contribution in [1.29, 1.82) is 5.26 Å². The lowest BCUT2D eigenvalue weighted by atomic mass is 9.83. The van der Waals surface area contributed by atoms with Gasteiger partial charge in [-0.05, 0) is 19.3 Å². The Kier molecular flexibility index (Phi) is 0.575. The normalized spacial score (nSPS) is 38.1. The largest absolute Gasteiger partial charge is 0.350 e. The molecule has 0 radical (unpaired) electrons. The molecule has 2 nitrogen and oxygen atoms in total. The Labute approximate surface area is 48.1 Å². The first-order valence-corrected chi connectivity index (χ1v) is 2.95. The Bertz CT molecular complexity index is 154. The standard InChI is InChI=1S/C6H7NO/c7-4-5-6(8-5)2-1-3-6/h5H,1-3H2. The summed E-state index contributed by atoms with van der Waals surface area (Å²) in [6.45, 7) is 0. The number of ether oxygens (including phenoxy) is 1. The van der Waals surface area contributed by atoms with Gasteiger partial charge in [-0.15, -0.1) is 0 Å². The molecule has 0 bridgehead atoms. The second-order valence-corrected chi connectivity index (χ2v) is 2.55. The lowest BCUT2D eigenvalue weighted by Crippen LogP contribution is -2.23. The van der Waals surface area contributed by atoms with Crippen LogP contribution in [0.15, 0.2) is 0 Å². The first kappa shape index (κ1) is 4.34. The van der Waals surface area contributed by atoms with Crippen LogP contribution in [0.25, 0.3) is 0 Å². The highest BCUT2D eigenvalue weighted by Gasteiger charge is 2.60. The average molecular weight is 109 g/mol. The van der Waals surface area contributed by atoms with Crippen LogP contribution < -0.4 is 0 Å². The minimum Gasteiger partial charge on any atom is -0.350 e. The van der Waals surface area contributed by atoms with E-state index >= 15 is 0 Å². The van der Waals surface area contributed by atoms with E-state index in [1.54, 1.807) is 0 Å². The second kappa shape index (κ2) is 1.06. The highest BCUT2D eigenvalue weighted by Crippen LogP contribution is 2.51. The van der Waals surface area contributed by atoms with Gasteiger partial charge in [0, 0.05) is 0 Å². The highest BCUT2D eigenvalue weighted by atomic mass is 16.6. The van der Waals surface area contributed by atoms with E-state index in [9.17, 15) is 0 Å². The minimum absolute atomic E-state index is 0.0451. The summed E-state index contributed by atoms with van der Waals surface area (Å²) in [6.07, 6.45) is 3.44. The number of nitriles is 1. The molecule has 2 aliphatic rings. The Morgan fingerprint density at radius 3 is 2.50 bits per heavy atom. The van der Waals surface area contributed by atoms with Gasteiger partial charge in [0.15, 0.2) is 6.10 Å². The Hall–Kier alpha value is -0.550. The third-order valence-corrected chi connectivity index (χ3v) is 2.09. The molecule has 1 aliphatic carbocycles. The van der Waals surface area contributed by atoms with Crippen LogP contribution in [0.1, 0.15) is 19.3 Å². The SMILES string of the molecule is N#CC1OC12CCC2. The van der Waals surface area contributed by atoms with E-state index in [0.29, 0.717) is 0 Å². The monoisotopic (exact) mass is 109 g/mol. The van der Waals surface area contributed by atoms with Crippen LogP contribution in [0.2, 0.25) is 0 Å². The maximum absolute atomic E-state index is 8.33. The highest BCUT2D eigenvalue weighted by molar-refractivity contribution is 5.17. The van der Waals surface area contributed by atoms with Crippen LogP contribution in [0, 0.1) is 11.3 Å². The first-order valence-electron chi connectivity index (χ1n) is 2.95. The van der Waals surface area contributed by atoms with Crippen LogP contribution in [0.3, 0.4) is 0 Å². The number of hydrogen-bond acceptors (Lipinski definition) is 2. The lowest BCUT2D eigenvalue weighted by Gasteiger charge is -2.19. The predicted molar refractivity (Wildman–Crippen MR) is 27.1 cm³/mol. The van der Waals surface area contributed by atoms with Gasteiger partial charge in [-0.3, -0.25) is 0 Å². The summed E-state index contributed by atoms with van der Waals surface area (Å²) < 4.78 is 5.13. The topological polar surface area (TPSA) is 36.3 Å². The molecule has 42 valence electrons. The van der Waals surface area contributed by atoms with Crippen LogP contribution >= 0.6 is 0 Å². The molecule has 1 atom stereocenters. The third kappa shape index (κ3) is 0.317. The smallest absolute Gasteiger partial charge is 0.173 e. The van der Waals surface area contributed by atoms with Gasteiger partial charge in [0.1, 0.15) is 5.60 Å². The quantitative estimate of drug-likeness (QED) is 0.432. The summed E-state index contributed by atoms with van der Waals surface area (Å²) in [5.74, 6) is 0. The minimum atomic E-state index is -0.0451. The van der Waals surface area contributed by atoms with Crippen molar-refractivity contribution in [1.82, 2.24) is 0 Å². The van der Waals surface area contributed by atoms with Gasteiger partial charge < -0.3 is 4.74 Å². The molecule has 0 N–H and O–H groups in total. The van der Waals surface area contributed by atoms with Gasteiger partial charge in [0.05, 0.1) is 6.07 Å². The van der Waals surface area contributed by atoms with Crippen molar-refractivity contribution in [2.24, 2.45) is 0 Å². The number of epoxide rings is 1. The molecule has 2 fully saturated rings. The summed E-state index contributed by atoms with van der Waals surface area (Å²) in [7, 11) is 0. The molecule has 1 spiro atoms. The fourth-order valence-electron chi connectivity index (χ4n) is 1.25. The maximum atomic E-state index is 8.33. The zero-order chi connectivity index (χ0) is 5.61. The molecule has 1 saturated carbocycles. The van der Waals surface area contributed by atoms with Crippen LogP contribution in [-0.4, -0.2) is 11.7 Å². The third-order valence-electron chi connectivity index (χ3n) is 2.09. The van der Waals surface area contributed by atoms with Crippen LogP contribution in [0.5, 0.6) is 0 Å². The van der Waals surface area contributed by atoms with Crippen molar-refractivity contribution in [3.8, 4) is 6.07 Å². The molecule has 0 aromatic rings. The van der Waals surface area contributed by atoms with Crippen LogP contribution in [0.4, 0.5) is 0 Å². The Morgan fingerprint density at radius 1 is 1.62 bits per heavy atom. The molecular weight excluding hydrogens is 102 g/mol. The van der Waals surface area contributed by atoms with Gasteiger partial charge >= 0.3 is 0 Å². The van der Waals surface area contributed by atoms with Crippen molar-refractivity contribution < 1.29 is 4.74 Å². The van der Waals surface area contributed by atoms with Gasteiger partial charge in [-0.2, -0.15) is 5.26 Å². The van der Waals surface area contributed by atoms with E-state index in [-0.39, 0.29) is 11.7 Å². The van der Waals surface area contributed by atoms with Crippen molar-refractivity contribution in [2.45, 2.75) is 31.0 Å². The van der Waals surface area contributed by atoms with Crippen LogP contribution in [-0.2, 0) is 4.74 Å². The number of nitrogens with zero attached hydrogens (tertiary/aromatic N) is 1. The molecule has 2 heteroatoms. The summed E-state index contributed by atoms with van der Waals surface area (Å²) in [5, 5.41) is 8.33. The number of rotatable bonds is 0. The second-order valence-electron chi connectivity index (χ2n) is 2.55. The van der Waals surface area contributed by atoms with E-state index in [0.717, 1.165) is 12.8 Å². The molecule has 8 heavy (non-hydrogen) atoms. The zero-order valence-electron chi connectivity index (χ0n) is 4.55. The lowest BCUT2D eigenvalue weighted by molar-refractivity contribution is 0.199. The molecule has 0 aromatic heterocycles. The fourth-order valence-corrected chi connectivity index (χ4v) is 1.25. The van der Waals surface area contributed by atoms with Gasteiger partial charge in [-0.1, -0.05) is 0 Å². The van der Waals surface area contributed by atoms with Gasteiger partial charge in [0.25, 0.3) is 0 Å². The van der Waals surface area contributed by atoms with Gasteiger partial charge in [0.2, 0.25) is 0 Å². The van der Waals surface area contributed by atoms with Crippen molar-refractivity contribution >= 4 is 0 Å². The number of hydrogen-bond donors (Lipinski definition) is 0. The zero-order valence-corrected chi connectivity index (χ0v) is 4.55.